The van der Waals surface area contributed by atoms with Crippen LogP contribution in [0.1, 0.15) is 22.3 Å². The number of hydrogen-bond donors (Lipinski definition) is 0. The summed E-state index contributed by atoms with van der Waals surface area (Å²) in [6.07, 6.45) is 0. The van der Waals surface area contributed by atoms with E-state index in [1.165, 1.54) is 22.3 Å². The van der Waals surface area contributed by atoms with Crippen molar-refractivity contribution in [3.05, 3.63) is 192 Å². The fraction of sp³-hybridized carbons (Fsp3) is 0.0385. The first-order chi connectivity index (χ1) is 27.5. The lowest BCUT2D eigenvalue weighted by Crippen LogP contribution is -2.00. The number of aryl methyl sites for hydroxylation is 2. The van der Waals surface area contributed by atoms with Crippen molar-refractivity contribution < 1.29 is 0 Å². The molecular weight excluding hydrogens is 681 g/mol. The Labute approximate surface area is 325 Å². The number of para-hydroxylation sites is 2. The maximum absolute atomic E-state index is 10.5. The number of benzene rings is 8. The van der Waals surface area contributed by atoms with E-state index in [2.05, 4.69) is 181 Å². The molecule has 10 aromatic rings. The lowest BCUT2D eigenvalue weighted by atomic mass is 9.99. The van der Waals surface area contributed by atoms with Gasteiger partial charge in [-0.15, -0.1) is 0 Å². The van der Waals surface area contributed by atoms with Crippen LogP contribution in [0.3, 0.4) is 0 Å². The molecule has 0 aliphatic rings. The first kappa shape index (κ1) is 32.9. The minimum Gasteiger partial charge on any atom is -0.308 e. The van der Waals surface area contributed by atoms with Crippen LogP contribution in [0.15, 0.2) is 170 Å². The summed E-state index contributed by atoms with van der Waals surface area (Å²) >= 11 is 0. The van der Waals surface area contributed by atoms with Gasteiger partial charge in [-0.3, -0.25) is 0 Å². The van der Waals surface area contributed by atoms with Crippen molar-refractivity contribution in [3.8, 4) is 56.9 Å². The molecule has 56 heavy (non-hydrogen) atoms. The Balaban J connectivity index is 1.15. The van der Waals surface area contributed by atoms with E-state index in [1.807, 2.05) is 24.3 Å². The lowest BCUT2D eigenvalue weighted by Gasteiger charge is -2.15. The van der Waals surface area contributed by atoms with E-state index in [9.17, 15) is 10.5 Å². The third kappa shape index (κ3) is 5.28. The van der Waals surface area contributed by atoms with Crippen molar-refractivity contribution >= 4 is 43.6 Å². The highest BCUT2D eigenvalue weighted by molar-refractivity contribution is 6.12. The summed E-state index contributed by atoms with van der Waals surface area (Å²) in [5, 5.41) is 25.5. The normalized spacial score (nSPS) is 11.4. The van der Waals surface area contributed by atoms with Crippen molar-refractivity contribution in [2.24, 2.45) is 0 Å². The first-order valence-electron chi connectivity index (χ1n) is 18.8. The van der Waals surface area contributed by atoms with Gasteiger partial charge in [0.1, 0.15) is 12.1 Å². The summed E-state index contributed by atoms with van der Waals surface area (Å²) in [7, 11) is 0. The number of aromatic nitrogens is 2. The molecule has 0 atom stereocenters. The monoisotopic (exact) mass is 714 g/mol. The molecule has 0 fully saturated rings. The Bertz CT molecular complexity index is 3080. The quantitative estimate of drug-likeness (QED) is 0.178. The zero-order valence-electron chi connectivity index (χ0n) is 31.0. The lowest BCUT2D eigenvalue weighted by molar-refractivity contribution is 1.16. The van der Waals surface area contributed by atoms with Gasteiger partial charge in [-0.05, 0) is 108 Å². The molecule has 2 heterocycles. The topological polar surface area (TPSA) is 57.4 Å². The van der Waals surface area contributed by atoms with Crippen LogP contribution < -0.4 is 0 Å². The summed E-state index contributed by atoms with van der Waals surface area (Å²) in [5.74, 6) is 0. The van der Waals surface area contributed by atoms with Gasteiger partial charge in [0.15, 0.2) is 0 Å². The van der Waals surface area contributed by atoms with Gasteiger partial charge in [0.05, 0.1) is 44.6 Å². The van der Waals surface area contributed by atoms with Crippen LogP contribution in [0.5, 0.6) is 0 Å². The zero-order valence-corrected chi connectivity index (χ0v) is 31.0. The Kier molecular flexibility index (Phi) is 7.66. The predicted molar refractivity (Wildman–Crippen MR) is 230 cm³/mol. The molecule has 4 nitrogen and oxygen atoms in total. The van der Waals surface area contributed by atoms with E-state index in [1.54, 1.807) is 0 Å². The second-order valence-electron chi connectivity index (χ2n) is 14.6. The maximum Gasteiger partial charge on any atom is 0.101 e. The zero-order chi connectivity index (χ0) is 37.9. The van der Waals surface area contributed by atoms with E-state index in [-0.39, 0.29) is 0 Å². The molecule has 0 N–H and O–H groups in total. The van der Waals surface area contributed by atoms with Crippen LogP contribution in [0.2, 0.25) is 0 Å². The number of nitriles is 2. The van der Waals surface area contributed by atoms with E-state index in [4.69, 9.17) is 0 Å². The largest absolute Gasteiger partial charge is 0.308 e. The molecular formula is C52H34N4. The molecule has 0 radical (unpaired) electrons. The Morgan fingerprint density at radius 3 is 1.14 bits per heavy atom. The molecule has 2 aromatic heterocycles. The van der Waals surface area contributed by atoms with Crippen LogP contribution in [0, 0.1) is 36.5 Å². The van der Waals surface area contributed by atoms with Gasteiger partial charge in [0.2, 0.25) is 0 Å². The third-order valence-electron chi connectivity index (χ3n) is 11.1. The fourth-order valence-corrected chi connectivity index (χ4v) is 8.45. The summed E-state index contributed by atoms with van der Waals surface area (Å²) in [6, 6.07) is 64.2. The average Bonchev–Trinajstić information content (AvgIpc) is 3.75. The van der Waals surface area contributed by atoms with E-state index >= 15 is 0 Å². The molecule has 262 valence electrons. The molecule has 10 rings (SSSR count). The second kappa shape index (κ2) is 13.0. The van der Waals surface area contributed by atoms with Gasteiger partial charge >= 0.3 is 0 Å². The van der Waals surface area contributed by atoms with Gasteiger partial charge in [-0.25, -0.2) is 0 Å². The van der Waals surface area contributed by atoms with Crippen molar-refractivity contribution in [1.29, 1.82) is 10.5 Å². The summed E-state index contributed by atoms with van der Waals surface area (Å²) in [4.78, 5) is 0. The SMILES string of the molecule is Cc1cccc(-c2ccc3c(c2)c2ccccc2n3-c2cc(-c3ccc(C#N)c(-n4c5ccccc5c5cc(-c6cccc(C)c6)ccc54)c3)ccc2C#N)c1. The number of nitrogens with zero attached hydrogens (tertiary/aromatic N) is 4. The maximum atomic E-state index is 10.5. The van der Waals surface area contributed by atoms with Crippen LogP contribution in [0.4, 0.5) is 0 Å². The molecule has 0 aliphatic carbocycles. The summed E-state index contributed by atoms with van der Waals surface area (Å²) < 4.78 is 4.44. The second-order valence-corrected chi connectivity index (χ2v) is 14.6. The molecule has 0 unspecified atom stereocenters. The molecule has 0 aliphatic heterocycles. The number of rotatable bonds is 5. The predicted octanol–water partition coefficient (Wildman–Crippen LogP) is 13.2. The highest BCUT2D eigenvalue weighted by Crippen LogP contribution is 2.39. The van der Waals surface area contributed by atoms with Gasteiger partial charge in [-0.1, -0.05) is 120 Å². The third-order valence-corrected chi connectivity index (χ3v) is 11.1. The van der Waals surface area contributed by atoms with Crippen LogP contribution in [-0.2, 0) is 0 Å². The van der Waals surface area contributed by atoms with Gasteiger partial charge in [0.25, 0.3) is 0 Å². The summed E-state index contributed by atoms with van der Waals surface area (Å²) in [5.41, 5.74) is 15.9. The Morgan fingerprint density at radius 1 is 0.339 bits per heavy atom. The van der Waals surface area contributed by atoms with E-state index in [0.29, 0.717) is 11.1 Å². The minimum absolute atomic E-state index is 0.583. The Hall–Kier alpha value is -7.66. The Morgan fingerprint density at radius 2 is 0.714 bits per heavy atom. The van der Waals surface area contributed by atoms with Crippen LogP contribution >= 0.6 is 0 Å². The highest BCUT2D eigenvalue weighted by atomic mass is 15.0. The number of fused-ring (bicyclic) bond motifs is 6. The molecule has 0 amide bonds. The average molecular weight is 715 g/mol. The molecule has 0 saturated heterocycles. The van der Waals surface area contributed by atoms with Crippen LogP contribution in [0.25, 0.3) is 88.4 Å². The highest BCUT2D eigenvalue weighted by Gasteiger charge is 2.19. The smallest absolute Gasteiger partial charge is 0.101 e. The molecule has 0 bridgehead atoms. The van der Waals surface area contributed by atoms with Crippen molar-refractivity contribution in [2.75, 3.05) is 0 Å². The van der Waals surface area contributed by atoms with E-state index < -0.39 is 0 Å². The van der Waals surface area contributed by atoms with Crippen molar-refractivity contribution in [1.82, 2.24) is 9.13 Å². The van der Waals surface area contributed by atoms with Crippen molar-refractivity contribution in [2.45, 2.75) is 13.8 Å². The molecule has 0 saturated carbocycles. The standard InChI is InChI=1S/C52H34N4/c1-33-9-7-11-35(25-33)37-21-23-49-45(27-37)43-13-3-5-15-47(43)55(49)51-29-39(17-19-41(51)31-53)40-18-20-42(32-54)52(30-40)56-48-16-6-4-14-44(48)46-28-38(22-24-50(46)56)36-12-8-10-34(2)26-36/h3-30H,1-2H3. The van der Waals surface area contributed by atoms with Gasteiger partial charge in [0, 0.05) is 21.5 Å². The first-order valence-corrected chi connectivity index (χ1v) is 18.8. The van der Waals surface area contributed by atoms with Gasteiger partial charge < -0.3 is 9.13 Å². The fourth-order valence-electron chi connectivity index (χ4n) is 8.45. The van der Waals surface area contributed by atoms with E-state index in [0.717, 1.165) is 77.2 Å². The van der Waals surface area contributed by atoms with Crippen molar-refractivity contribution in [3.63, 3.8) is 0 Å². The molecule has 0 spiro atoms. The molecule has 4 heteroatoms. The van der Waals surface area contributed by atoms with Gasteiger partial charge in [-0.2, -0.15) is 10.5 Å². The minimum atomic E-state index is 0.583. The van der Waals surface area contributed by atoms with Crippen LogP contribution in [-0.4, -0.2) is 9.13 Å². The number of hydrogen-bond acceptors (Lipinski definition) is 2. The summed E-state index contributed by atoms with van der Waals surface area (Å²) in [6.45, 7) is 4.23. The molecule has 8 aromatic carbocycles.